The fourth-order valence-electron chi connectivity index (χ4n) is 1.08. The van der Waals surface area contributed by atoms with Gasteiger partial charge < -0.3 is 10.1 Å². The quantitative estimate of drug-likeness (QED) is 0.668. The van der Waals surface area contributed by atoms with Crippen LogP contribution in [0, 0.1) is 5.92 Å². The molecule has 0 aliphatic heterocycles. The second kappa shape index (κ2) is 6.02. The first-order valence-corrected chi connectivity index (χ1v) is 5.30. The third-order valence-corrected chi connectivity index (χ3v) is 2.42. The highest BCUT2D eigenvalue weighted by Gasteiger charge is 2.27. The molecule has 3 heteroatoms. The lowest BCUT2D eigenvalue weighted by molar-refractivity contribution is -0.151. The molecule has 84 valence electrons. The number of hydrogen-bond donors (Lipinski definition) is 1. The van der Waals surface area contributed by atoms with Crippen molar-refractivity contribution in [2.45, 2.75) is 46.1 Å². The number of carbonyl (C=O) groups is 1. The average molecular weight is 201 g/mol. The van der Waals surface area contributed by atoms with Crippen molar-refractivity contribution in [1.29, 1.82) is 0 Å². The monoisotopic (exact) mass is 201 g/mol. The van der Waals surface area contributed by atoms with Gasteiger partial charge in [-0.3, -0.25) is 4.79 Å². The van der Waals surface area contributed by atoms with Gasteiger partial charge in [0.25, 0.3) is 0 Å². The van der Waals surface area contributed by atoms with Gasteiger partial charge in [0.1, 0.15) is 5.54 Å². The van der Waals surface area contributed by atoms with Gasteiger partial charge in [0, 0.05) is 0 Å². The summed E-state index contributed by atoms with van der Waals surface area (Å²) in [5.74, 6) is 0.277. The predicted octanol–water partition coefficient (Wildman–Crippen LogP) is 1.96. The minimum atomic E-state index is -0.577. The summed E-state index contributed by atoms with van der Waals surface area (Å²) in [6.45, 7) is 8.40. The maximum Gasteiger partial charge on any atom is 0.325 e. The van der Waals surface area contributed by atoms with E-state index in [0.717, 1.165) is 12.8 Å². The maximum atomic E-state index is 11.5. The van der Waals surface area contributed by atoms with Crippen LogP contribution >= 0.6 is 0 Å². The Bertz CT molecular complexity index is 178. The molecule has 1 unspecified atom stereocenters. The first kappa shape index (κ1) is 13.4. The van der Waals surface area contributed by atoms with Crippen LogP contribution in [0.5, 0.6) is 0 Å². The Morgan fingerprint density at radius 2 is 2.07 bits per heavy atom. The molecule has 0 bridgehead atoms. The first-order chi connectivity index (χ1) is 6.44. The highest BCUT2D eigenvalue weighted by Crippen LogP contribution is 2.09. The van der Waals surface area contributed by atoms with E-state index in [-0.39, 0.29) is 5.97 Å². The zero-order valence-electron chi connectivity index (χ0n) is 10.0. The Morgan fingerprint density at radius 1 is 1.50 bits per heavy atom. The van der Waals surface area contributed by atoms with Crippen molar-refractivity contribution in [3.8, 4) is 0 Å². The molecule has 0 aliphatic carbocycles. The standard InChI is InChI=1S/C11H23NO2/c1-6-7-9(2)8-14-10(13)11(3,4)12-5/h9,12H,6-8H2,1-5H3. The molecule has 0 fully saturated rings. The van der Waals surface area contributed by atoms with Crippen molar-refractivity contribution in [3.05, 3.63) is 0 Å². The van der Waals surface area contributed by atoms with Gasteiger partial charge in [0.15, 0.2) is 0 Å². The first-order valence-electron chi connectivity index (χ1n) is 5.30. The van der Waals surface area contributed by atoms with Gasteiger partial charge in [0.2, 0.25) is 0 Å². The maximum absolute atomic E-state index is 11.5. The smallest absolute Gasteiger partial charge is 0.325 e. The molecule has 0 radical (unpaired) electrons. The van der Waals surface area contributed by atoms with E-state index in [1.54, 1.807) is 7.05 Å². The van der Waals surface area contributed by atoms with E-state index in [1.165, 1.54) is 0 Å². The zero-order chi connectivity index (χ0) is 11.2. The van der Waals surface area contributed by atoms with E-state index in [4.69, 9.17) is 4.74 Å². The number of rotatable bonds is 6. The Labute approximate surface area is 87.2 Å². The Morgan fingerprint density at radius 3 is 2.50 bits per heavy atom. The van der Waals surface area contributed by atoms with E-state index in [2.05, 4.69) is 19.2 Å². The minimum Gasteiger partial charge on any atom is -0.464 e. The minimum absolute atomic E-state index is 0.178. The number of ether oxygens (including phenoxy) is 1. The van der Waals surface area contributed by atoms with E-state index in [0.29, 0.717) is 12.5 Å². The van der Waals surface area contributed by atoms with E-state index >= 15 is 0 Å². The van der Waals surface area contributed by atoms with Gasteiger partial charge in [0.05, 0.1) is 6.61 Å². The summed E-state index contributed by atoms with van der Waals surface area (Å²) in [7, 11) is 1.76. The highest BCUT2D eigenvalue weighted by atomic mass is 16.5. The number of nitrogens with one attached hydrogen (secondary N) is 1. The van der Waals surface area contributed by atoms with Crippen molar-refractivity contribution < 1.29 is 9.53 Å². The van der Waals surface area contributed by atoms with Crippen LogP contribution in [0.1, 0.15) is 40.5 Å². The number of likely N-dealkylation sites (N-methyl/N-ethyl adjacent to an activating group) is 1. The van der Waals surface area contributed by atoms with Gasteiger partial charge in [-0.2, -0.15) is 0 Å². The summed E-state index contributed by atoms with van der Waals surface area (Å²) in [6, 6.07) is 0. The summed E-state index contributed by atoms with van der Waals surface area (Å²) in [6.07, 6.45) is 2.24. The zero-order valence-corrected chi connectivity index (χ0v) is 10.0. The lowest BCUT2D eigenvalue weighted by Gasteiger charge is -2.22. The Hall–Kier alpha value is -0.570. The number of carbonyl (C=O) groups excluding carboxylic acids is 1. The molecule has 0 saturated carbocycles. The lowest BCUT2D eigenvalue weighted by atomic mass is 10.1. The van der Waals surface area contributed by atoms with Crippen LogP contribution in [-0.2, 0) is 9.53 Å². The van der Waals surface area contributed by atoms with Gasteiger partial charge in [-0.05, 0) is 33.2 Å². The van der Waals surface area contributed by atoms with Gasteiger partial charge in [-0.1, -0.05) is 20.3 Å². The molecule has 0 aromatic carbocycles. The fraction of sp³-hybridized carbons (Fsp3) is 0.909. The summed E-state index contributed by atoms with van der Waals surface area (Å²) >= 11 is 0. The van der Waals surface area contributed by atoms with Crippen LogP contribution in [-0.4, -0.2) is 25.2 Å². The molecule has 0 amide bonds. The van der Waals surface area contributed by atoms with Crippen LogP contribution in [0.4, 0.5) is 0 Å². The van der Waals surface area contributed by atoms with Gasteiger partial charge >= 0.3 is 5.97 Å². The summed E-state index contributed by atoms with van der Waals surface area (Å²) < 4.78 is 5.21. The Kier molecular flexibility index (Phi) is 5.77. The second-order valence-corrected chi connectivity index (χ2v) is 4.37. The van der Waals surface area contributed by atoms with Gasteiger partial charge in [-0.25, -0.2) is 0 Å². The van der Waals surface area contributed by atoms with Crippen LogP contribution in [0.3, 0.4) is 0 Å². The molecule has 0 aromatic heterocycles. The topological polar surface area (TPSA) is 38.3 Å². The van der Waals surface area contributed by atoms with Crippen LogP contribution in [0.2, 0.25) is 0 Å². The molecule has 0 aliphatic rings. The SMILES string of the molecule is CCCC(C)COC(=O)C(C)(C)NC. The van der Waals surface area contributed by atoms with Crippen molar-refractivity contribution in [1.82, 2.24) is 5.32 Å². The largest absolute Gasteiger partial charge is 0.464 e. The number of esters is 1. The molecule has 1 atom stereocenters. The molecule has 0 spiro atoms. The van der Waals surface area contributed by atoms with Crippen molar-refractivity contribution in [2.75, 3.05) is 13.7 Å². The van der Waals surface area contributed by atoms with E-state index in [9.17, 15) is 4.79 Å². The van der Waals surface area contributed by atoms with Gasteiger partial charge in [-0.15, -0.1) is 0 Å². The molecule has 1 N–H and O–H groups in total. The number of hydrogen-bond acceptors (Lipinski definition) is 3. The van der Waals surface area contributed by atoms with Crippen LogP contribution in [0.15, 0.2) is 0 Å². The molecule has 0 rings (SSSR count). The molecule has 3 nitrogen and oxygen atoms in total. The van der Waals surface area contributed by atoms with Crippen LogP contribution in [0.25, 0.3) is 0 Å². The normalized spacial score (nSPS) is 13.8. The second-order valence-electron chi connectivity index (χ2n) is 4.37. The predicted molar refractivity (Wildman–Crippen MR) is 58.2 cm³/mol. The molecule has 14 heavy (non-hydrogen) atoms. The Balaban J connectivity index is 3.85. The average Bonchev–Trinajstić information content (AvgIpc) is 2.14. The van der Waals surface area contributed by atoms with Crippen LogP contribution < -0.4 is 5.32 Å². The third-order valence-electron chi connectivity index (χ3n) is 2.42. The van der Waals surface area contributed by atoms with E-state index < -0.39 is 5.54 Å². The molecular weight excluding hydrogens is 178 g/mol. The molecule has 0 aromatic rings. The molecular formula is C11H23NO2. The van der Waals surface area contributed by atoms with Crippen molar-refractivity contribution in [3.63, 3.8) is 0 Å². The van der Waals surface area contributed by atoms with Crippen molar-refractivity contribution in [2.24, 2.45) is 5.92 Å². The summed E-state index contributed by atoms with van der Waals surface area (Å²) in [4.78, 5) is 11.5. The summed E-state index contributed by atoms with van der Waals surface area (Å²) in [5.41, 5.74) is -0.577. The van der Waals surface area contributed by atoms with E-state index in [1.807, 2.05) is 13.8 Å². The molecule has 0 heterocycles. The summed E-state index contributed by atoms with van der Waals surface area (Å²) in [5, 5.41) is 2.92. The molecule has 0 saturated heterocycles. The third kappa shape index (κ3) is 4.61. The van der Waals surface area contributed by atoms with Crippen molar-refractivity contribution >= 4 is 5.97 Å². The lowest BCUT2D eigenvalue weighted by Crippen LogP contribution is -2.46. The highest BCUT2D eigenvalue weighted by molar-refractivity contribution is 5.79. The fourth-order valence-corrected chi connectivity index (χ4v) is 1.08.